The monoisotopic (exact) mass is 313 g/mol. The molecule has 0 bridgehead atoms. The smallest absolute Gasteiger partial charge is 0.339 e. The molecular formula is C13H16ClN3O2S. The van der Waals surface area contributed by atoms with Gasteiger partial charge < -0.3 is 4.74 Å². The third kappa shape index (κ3) is 3.07. The van der Waals surface area contributed by atoms with E-state index < -0.39 is 5.97 Å². The van der Waals surface area contributed by atoms with Gasteiger partial charge in [0.15, 0.2) is 5.65 Å². The molecule has 20 heavy (non-hydrogen) atoms. The third-order valence-electron chi connectivity index (χ3n) is 2.63. The number of aromatic nitrogens is 3. The van der Waals surface area contributed by atoms with Crippen LogP contribution in [-0.2, 0) is 10.5 Å². The summed E-state index contributed by atoms with van der Waals surface area (Å²) in [7, 11) is 0. The molecule has 2 heterocycles. The molecule has 0 saturated heterocycles. The van der Waals surface area contributed by atoms with Crippen LogP contribution in [0.15, 0.2) is 12.3 Å². The molecule has 7 heteroatoms. The van der Waals surface area contributed by atoms with Crippen molar-refractivity contribution >= 4 is 35.0 Å². The molecule has 0 atom stereocenters. The van der Waals surface area contributed by atoms with Crippen molar-refractivity contribution < 1.29 is 9.53 Å². The van der Waals surface area contributed by atoms with Gasteiger partial charge in [-0.15, -0.1) is 10.2 Å². The molecule has 2 rings (SSSR count). The zero-order valence-electron chi connectivity index (χ0n) is 11.6. The van der Waals surface area contributed by atoms with Crippen molar-refractivity contribution in [3.8, 4) is 0 Å². The van der Waals surface area contributed by atoms with Crippen LogP contribution in [0.25, 0.3) is 5.65 Å². The molecule has 0 N–H and O–H groups in total. The SMILES string of the molecule is CCOC(=O)c1ccn2c(CSC(C)C)nnc2c1Cl. The fraction of sp³-hybridized carbons (Fsp3) is 0.462. The number of ether oxygens (including phenoxy) is 1. The number of nitrogens with zero attached hydrogens (tertiary/aromatic N) is 3. The molecule has 0 fully saturated rings. The quantitative estimate of drug-likeness (QED) is 0.793. The van der Waals surface area contributed by atoms with Crippen molar-refractivity contribution in [1.29, 1.82) is 0 Å². The standard InChI is InChI=1S/C13H16ClN3O2S/c1-4-19-13(18)9-5-6-17-10(7-20-8(2)3)15-16-12(17)11(9)14/h5-6,8H,4,7H2,1-3H3. The van der Waals surface area contributed by atoms with Gasteiger partial charge in [0, 0.05) is 6.20 Å². The zero-order valence-corrected chi connectivity index (χ0v) is 13.2. The Morgan fingerprint density at radius 3 is 2.90 bits per heavy atom. The maximum atomic E-state index is 11.8. The van der Waals surface area contributed by atoms with Crippen molar-refractivity contribution in [2.24, 2.45) is 0 Å². The first-order valence-corrected chi connectivity index (χ1v) is 7.78. The highest BCUT2D eigenvalue weighted by atomic mass is 35.5. The van der Waals surface area contributed by atoms with Crippen LogP contribution in [0.2, 0.25) is 5.02 Å². The van der Waals surface area contributed by atoms with Crippen molar-refractivity contribution in [2.45, 2.75) is 31.8 Å². The lowest BCUT2D eigenvalue weighted by Gasteiger charge is -2.06. The van der Waals surface area contributed by atoms with Gasteiger partial charge in [-0.05, 0) is 18.2 Å². The zero-order chi connectivity index (χ0) is 14.7. The van der Waals surface area contributed by atoms with Gasteiger partial charge in [0.1, 0.15) is 10.8 Å². The van der Waals surface area contributed by atoms with Gasteiger partial charge in [-0.1, -0.05) is 25.4 Å². The lowest BCUT2D eigenvalue weighted by atomic mass is 10.2. The number of hydrogen-bond donors (Lipinski definition) is 0. The number of carbonyl (C=O) groups is 1. The molecule has 2 aromatic heterocycles. The second-order valence-electron chi connectivity index (χ2n) is 4.43. The van der Waals surface area contributed by atoms with E-state index >= 15 is 0 Å². The van der Waals surface area contributed by atoms with Crippen molar-refractivity contribution in [3.05, 3.63) is 28.7 Å². The van der Waals surface area contributed by atoms with Crippen LogP contribution in [0.4, 0.5) is 0 Å². The van der Waals surface area contributed by atoms with Gasteiger partial charge >= 0.3 is 5.97 Å². The summed E-state index contributed by atoms with van der Waals surface area (Å²) in [6.07, 6.45) is 1.75. The Hall–Kier alpha value is -1.27. The molecular weight excluding hydrogens is 298 g/mol. The topological polar surface area (TPSA) is 56.5 Å². The largest absolute Gasteiger partial charge is 0.462 e. The maximum Gasteiger partial charge on any atom is 0.339 e. The summed E-state index contributed by atoms with van der Waals surface area (Å²) in [4.78, 5) is 11.8. The Kier molecular flexibility index (Phi) is 4.88. The number of pyridine rings is 1. The van der Waals surface area contributed by atoms with E-state index in [1.807, 2.05) is 0 Å². The molecule has 0 unspecified atom stereocenters. The minimum absolute atomic E-state index is 0.277. The highest BCUT2D eigenvalue weighted by molar-refractivity contribution is 7.99. The molecule has 0 radical (unpaired) electrons. The summed E-state index contributed by atoms with van der Waals surface area (Å²) in [5.41, 5.74) is 0.799. The van der Waals surface area contributed by atoms with Crippen LogP contribution in [0.1, 0.15) is 37.0 Å². The Morgan fingerprint density at radius 1 is 1.50 bits per heavy atom. The molecule has 0 aliphatic carbocycles. The van der Waals surface area contributed by atoms with Gasteiger partial charge in [-0.25, -0.2) is 4.79 Å². The van der Waals surface area contributed by atoms with E-state index in [0.717, 1.165) is 11.6 Å². The van der Waals surface area contributed by atoms with E-state index in [2.05, 4.69) is 24.0 Å². The Balaban J connectivity index is 2.35. The Bertz CT molecular complexity index is 627. The van der Waals surface area contributed by atoms with Crippen molar-refractivity contribution in [2.75, 3.05) is 6.61 Å². The van der Waals surface area contributed by atoms with Crippen LogP contribution < -0.4 is 0 Å². The molecule has 0 spiro atoms. The van der Waals surface area contributed by atoms with E-state index in [4.69, 9.17) is 16.3 Å². The third-order valence-corrected chi connectivity index (χ3v) is 4.09. The highest BCUT2D eigenvalue weighted by Gasteiger charge is 2.17. The van der Waals surface area contributed by atoms with E-state index in [-0.39, 0.29) is 5.02 Å². The summed E-state index contributed by atoms with van der Waals surface area (Å²) >= 11 is 7.99. The lowest BCUT2D eigenvalue weighted by Crippen LogP contribution is -2.07. The van der Waals surface area contributed by atoms with E-state index in [0.29, 0.717) is 23.1 Å². The first-order valence-electron chi connectivity index (χ1n) is 6.35. The number of rotatable bonds is 5. The molecule has 0 aliphatic heterocycles. The van der Waals surface area contributed by atoms with Crippen molar-refractivity contribution in [1.82, 2.24) is 14.6 Å². The number of carbonyl (C=O) groups excluding carboxylic acids is 1. The molecule has 0 aliphatic rings. The van der Waals surface area contributed by atoms with Gasteiger partial charge in [0.05, 0.1) is 17.9 Å². The summed E-state index contributed by atoms with van der Waals surface area (Å²) in [6, 6.07) is 1.64. The average Bonchev–Trinajstić information content (AvgIpc) is 2.81. The fourth-order valence-corrected chi connectivity index (χ4v) is 2.63. The van der Waals surface area contributed by atoms with Crippen LogP contribution >= 0.6 is 23.4 Å². The minimum Gasteiger partial charge on any atom is -0.462 e. The Labute approximate surface area is 126 Å². The van der Waals surface area contributed by atoms with Gasteiger partial charge in [0.25, 0.3) is 0 Å². The van der Waals surface area contributed by atoms with E-state index in [1.165, 1.54) is 0 Å². The first kappa shape index (κ1) is 15.1. The second kappa shape index (κ2) is 6.45. The van der Waals surface area contributed by atoms with Gasteiger partial charge in [-0.3, -0.25) is 4.40 Å². The van der Waals surface area contributed by atoms with Gasteiger partial charge in [-0.2, -0.15) is 11.8 Å². The summed E-state index contributed by atoms with van der Waals surface area (Å²) in [5, 5.41) is 8.98. The summed E-state index contributed by atoms with van der Waals surface area (Å²) in [6.45, 7) is 6.31. The predicted molar refractivity (Wildman–Crippen MR) is 80.4 cm³/mol. The highest BCUT2D eigenvalue weighted by Crippen LogP contribution is 2.24. The number of halogens is 1. The van der Waals surface area contributed by atoms with Crippen LogP contribution in [0.3, 0.4) is 0 Å². The molecule has 5 nitrogen and oxygen atoms in total. The van der Waals surface area contributed by atoms with E-state index in [9.17, 15) is 4.79 Å². The fourth-order valence-electron chi connectivity index (χ4n) is 1.68. The molecule has 0 saturated carbocycles. The minimum atomic E-state index is -0.443. The number of hydrogen-bond acceptors (Lipinski definition) is 5. The Morgan fingerprint density at radius 2 is 2.25 bits per heavy atom. The average molecular weight is 314 g/mol. The predicted octanol–water partition coefficient (Wildman–Crippen LogP) is 3.20. The lowest BCUT2D eigenvalue weighted by molar-refractivity contribution is 0.0526. The number of fused-ring (bicyclic) bond motifs is 1. The first-order chi connectivity index (χ1) is 9.54. The maximum absolute atomic E-state index is 11.8. The van der Waals surface area contributed by atoms with Crippen molar-refractivity contribution in [3.63, 3.8) is 0 Å². The van der Waals surface area contributed by atoms with E-state index in [1.54, 1.807) is 35.3 Å². The molecule has 0 aromatic carbocycles. The van der Waals surface area contributed by atoms with Crippen LogP contribution in [0.5, 0.6) is 0 Å². The number of esters is 1. The molecule has 108 valence electrons. The van der Waals surface area contributed by atoms with Crippen LogP contribution in [0, 0.1) is 0 Å². The van der Waals surface area contributed by atoms with Gasteiger partial charge in [0.2, 0.25) is 0 Å². The second-order valence-corrected chi connectivity index (χ2v) is 6.38. The molecule has 2 aromatic rings. The number of thioether (sulfide) groups is 1. The normalized spacial score (nSPS) is 11.2. The van der Waals surface area contributed by atoms with Crippen LogP contribution in [-0.4, -0.2) is 32.4 Å². The summed E-state index contributed by atoms with van der Waals surface area (Å²) < 4.78 is 6.76. The summed E-state index contributed by atoms with van der Waals surface area (Å²) in [5.74, 6) is 1.12. The molecule has 0 amide bonds.